The van der Waals surface area contributed by atoms with E-state index >= 15 is 0 Å². The van der Waals surface area contributed by atoms with Crippen molar-refractivity contribution >= 4 is 5.91 Å². The molecule has 0 aromatic heterocycles. The Morgan fingerprint density at radius 3 is 2.40 bits per heavy atom. The number of nitrogens with zero attached hydrogens (tertiary/aromatic N) is 2. The van der Waals surface area contributed by atoms with Crippen LogP contribution in [-0.4, -0.2) is 74.6 Å². The normalized spacial score (nSPS) is 19.2. The highest BCUT2D eigenvalue weighted by Gasteiger charge is 2.25. The minimum atomic E-state index is 0.109. The van der Waals surface area contributed by atoms with Gasteiger partial charge >= 0.3 is 0 Å². The highest BCUT2D eigenvalue weighted by atomic mass is 16.1. The number of rotatable bonds is 8. The van der Waals surface area contributed by atoms with E-state index in [4.69, 9.17) is 0 Å². The number of hydrogen-bond donors (Lipinski definition) is 2. The Kier molecular flexibility index (Phi) is 8.11. The number of nitrogens with one attached hydrogen (secondary N) is 2. The van der Waals surface area contributed by atoms with Crippen LogP contribution >= 0.6 is 0 Å². The van der Waals surface area contributed by atoms with E-state index in [9.17, 15) is 4.79 Å². The highest BCUT2D eigenvalue weighted by Crippen LogP contribution is 2.12. The van der Waals surface area contributed by atoms with Gasteiger partial charge in [0, 0.05) is 38.8 Å². The topological polar surface area (TPSA) is 47.6 Å². The number of carbonyl (C=O) groups is 1. The fraction of sp³-hybridized carbons (Fsp3) is 0.933. The maximum absolute atomic E-state index is 11.8. The van der Waals surface area contributed by atoms with E-state index < -0.39 is 0 Å². The van der Waals surface area contributed by atoms with E-state index in [0.717, 1.165) is 45.7 Å². The molecule has 1 rings (SSSR count). The van der Waals surface area contributed by atoms with Crippen molar-refractivity contribution in [3.05, 3.63) is 0 Å². The van der Waals surface area contributed by atoms with Crippen LogP contribution in [0.25, 0.3) is 0 Å². The summed E-state index contributed by atoms with van der Waals surface area (Å²) in [5, 5.41) is 6.22. The molecular weight excluding hydrogens is 252 g/mol. The van der Waals surface area contributed by atoms with Crippen LogP contribution in [0.5, 0.6) is 0 Å². The fourth-order valence-corrected chi connectivity index (χ4v) is 2.60. The van der Waals surface area contributed by atoms with Crippen molar-refractivity contribution < 1.29 is 4.79 Å². The Morgan fingerprint density at radius 1 is 1.20 bits per heavy atom. The molecule has 0 bridgehead atoms. The molecule has 0 spiro atoms. The Bertz CT molecular complexity index is 275. The van der Waals surface area contributed by atoms with E-state index in [1.54, 1.807) is 0 Å². The second kappa shape index (κ2) is 9.32. The van der Waals surface area contributed by atoms with Crippen LogP contribution in [0.4, 0.5) is 0 Å². The van der Waals surface area contributed by atoms with Gasteiger partial charge in [0.2, 0.25) is 5.91 Å². The summed E-state index contributed by atoms with van der Waals surface area (Å²) in [6.07, 6.45) is 1.06. The minimum Gasteiger partial charge on any atom is -0.353 e. The zero-order valence-electron chi connectivity index (χ0n) is 13.6. The lowest BCUT2D eigenvalue weighted by Gasteiger charge is -2.39. The standard InChI is InChI=1S/C15H32N4O/c1-5-6-16-12-15(20)17-11-14(13(2)3)19-9-7-18(4)8-10-19/h13-14,16H,5-12H2,1-4H3,(H,17,20). The van der Waals surface area contributed by atoms with Gasteiger partial charge in [-0.15, -0.1) is 0 Å². The molecule has 20 heavy (non-hydrogen) atoms. The van der Waals surface area contributed by atoms with E-state index in [0.29, 0.717) is 18.5 Å². The van der Waals surface area contributed by atoms with Crippen molar-refractivity contribution in [3.63, 3.8) is 0 Å². The zero-order valence-corrected chi connectivity index (χ0v) is 13.6. The summed E-state index contributed by atoms with van der Waals surface area (Å²) in [7, 11) is 2.17. The minimum absolute atomic E-state index is 0.109. The average molecular weight is 284 g/mol. The van der Waals surface area contributed by atoms with Crippen LogP contribution in [0, 0.1) is 5.92 Å². The van der Waals surface area contributed by atoms with Gasteiger partial charge in [-0.1, -0.05) is 20.8 Å². The highest BCUT2D eigenvalue weighted by molar-refractivity contribution is 5.77. The molecule has 1 fully saturated rings. The van der Waals surface area contributed by atoms with Crippen molar-refractivity contribution in [1.82, 2.24) is 20.4 Å². The van der Waals surface area contributed by atoms with Crippen LogP contribution in [-0.2, 0) is 4.79 Å². The molecule has 0 aromatic carbocycles. The lowest BCUT2D eigenvalue weighted by molar-refractivity contribution is -0.120. The first-order chi connectivity index (χ1) is 9.54. The molecule has 1 aliphatic rings. The maximum Gasteiger partial charge on any atom is 0.234 e. The molecular formula is C15H32N4O. The Balaban J connectivity index is 2.33. The summed E-state index contributed by atoms with van der Waals surface area (Å²) in [6.45, 7) is 13.1. The van der Waals surface area contributed by atoms with Crippen molar-refractivity contribution in [2.45, 2.75) is 33.2 Å². The number of hydrogen-bond acceptors (Lipinski definition) is 4. The quantitative estimate of drug-likeness (QED) is 0.633. The largest absolute Gasteiger partial charge is 0.353 e. The summed E-state index contributed by atoms with van der Waals surface area (Å²) in [6, 6.07) is 0.443. The maximum atomic E-state index is 11.8. The number of carbonyl (C=O) groups excluding carboxylic acids is 1. The molecule has 1 amide bonds. The summed E-state index contributed by atoms with van der Waals surface area (Å²) in [5.74, 6) is 0.667. The van der Waals surface area contributed by atoms with Crippen LogP contribution in [0.3, 0.4) is 0 Å². The third-order valence-electron chi connectivity index (χ3n) is 4.00. The first-order valence-corrected chi connectivity index (χ1v) is 7.94. The van der Waals surface area contributed by atoms with Crippen LogP contribution in [0.15, 0.2) is 0 Å². The van der Waals surface area contributed by atoms with Crippen LogP contribution in [0.2, 0.25) is 0 Å². The molecule has 0 radical (unpaired) electrons. The first kappa shape index (κ1) is 17.4. The van der Waals surface area contributed by atoms with Gasteiger partial charge in [0.15, 0.2) is 0 Å². The molecule has 2 N–H and O–H groups in total. The summed E-state index contributed by atoms with van der Waals surface area (Å²) in [4.78, 5) is 16.7. The van der Waals surface area contributed by atoms with Crippen LogP contribution in [0.1, 0.15) is 27.2 Å². The van der Waals surface area contributed by atoms with Gasteiger partial charge in [0.25, 0.3) is 0 Å². The van der Waals surface area contributed by atoms with Gasteiger partial charge in [-0.2, -0.15) is 0 Å². The van der Waals surface area contributed by atoms with Gasteiger partial charge < -0.3 is 15.5 Å². The predicted octanol–water partition coefficient (Wildman–Crippen LogP) is 0.374. The average Bonchev–Trinajstić information content (AvgIpc) is 2.41. The lowest BCUT2D eigenvalue weighted by Crippen LogP contribution is -2.54. The second-order valence-electron chi connectivity index (χ2n) is 6.13. The van der Waals surface area contributed by atoms with Gasteiger partial charge in [0.05, 0.1) is 6.54 Å². The van der Waals surface area contributed by atoms with Crippen molar-refractivity contribution in [1.29, 1.82) is 0 Å². The van der Waals surface area contributed by atoms with Gasteiger partial charge in [-0.25, -0.2) is 0 Å². The number of likely N-dealkylation sites (N-methyl/N-ethyl adjacent to an activating group) is 1. The Hall–Kier alpha value is -0.650. The molecule has 1 atom stereocenters. The van der Waals surface area contributed by atoms with E-state index in [1.807, 2.05) is 0 Å². The van der Waals surface area contributed by atoms with Crippen molar-refractivity contribution in [2.75, 3.05) is 52.9 Å². The van der Waals surface area contributed by atoms with E-state index in [1.165, 1.54) is 0 Å². The fourth-order valence-electron chi connectivity index (χ4n) is 2.60. The van der Waals surface area contributed by atoms with Crippen molar-refractivity contribution in [2.24, 2.45) is 5.92 Å². The molecule has 1 heterocycles. The van der Waals surface area contributed by atoms with Gasteiger partial charge in [0.1, 0.15) is 0 Å². The first-order valence-electron chi connectivity index (χ1n) is 7.94. The Morgan fingerprint density at radius 2 is 1.85 bits per heavy atom. The molecule has 118 valence electrons. The molecule has 0 aromatic rings. The molecule has 0 saturated carbocycles. The number of piperazine rings is 1. The van der Waals surface area contributed by atoms with Crippen LogP contribution < -0.4 is 10.6 Å². The molecule has 1 aliphatic heterocycles. The third-order valence-corrected chi connectivity index (χ3v) is 4.00. The SMILES string of the molecule is CCCNCC(=O)NCC(C(C)C)N1CCN(C)CC1. The monoisotopic (exact) mass is 284 g/mol. The van der Waals surface area contributed by atoms with E-state index in [2.05, 4.69) is 48.3 Å². The molecule has 0 aliphatic carbocycles. The predicted molar refractivity (Wildman–Crippen MR) is 83.9 cm³/mol. The summed E-state index contributed by atoms with van der Waals surface area (Å²) in [5.41, 5.74) is 0. The lowest BCUT2D eigenvalue weighted by atomic mass is 10.0. The molecule has 5 nitrogen and oxygen atoms in total. The molecule has 5 heteroatoms. The smallest absolute Gasteiger partial charge is 0.234 e. The third kappa shape index (κ3) is 6.20. The van der Waals surface area contributed by atoms with Gasteiger partial charge in [-0.3, -0.25) is 9.69 Å². The summed E-state index contributed by atoms with van der Waals surface area (Å²) >= 11 is 0. The van der Waals surface area contributed by atoms with E-state index in [-0.39, 0.29) is 5.91 Å². The summed E-state index contributed by atoms with van der Waals surface area (Å²) < 4.78 is 0. The molecule has 1 saturated heterocycles. The zero-order chi connectivity index (χ0) is 15.0. The Labute approximate surface area is 124 Å². The number of amides is 1. The molecule has 1 unspecified atom stereocenters. The second-order valence-corrected chi connectivity index (χ2v) is 6.13. The van der Waals surface area contributed by atoms with Gasteiger partial charge in [-0.05, 0) is 25.9 Å². The van der Waals surface area contributed by atoms with Crippen molar-refractivity contribution in [3.8, 4) is 0 Å².